The minimum atomic E-state index is -0.495. The van der Waals surface area contributed by atoms with Crippen LogP contribution in [0.3, 0.4) is 0 Å². The standard InChI is InChI=1S/C13H17BrN2O2/c1-8(17)11-3-2-10(6-12(11)14)16-5-4-9(7-16)13(15)18/h2-3,6,8-9,17H,4-5,7H2,1H3,(H2,15,18)/t8-,9?/m0/s1. The lowest BCUT2D eigenvalue weighted by atomic mass is 10.1. The number of aliphatic hydroxyl groups is 1. The van der Waals surface area contributed by atoms with Crippen LogP contribution >= 0.6 is 15.9 Å². The van der Waals surface area contributed by atoms with E-state index < -0.39 is 6.10 Å². The molecule has 1 aliphatic heterocycles. The molecule has 2 atom stereocenters. The van der Waals surface area contributed by atoms with Crippen molar-refractivity contribution in [3.8, 4) is 0 Å². The van der Waals surface area contributed by atoms with E-state index in [1.165, 1.54) is 0 Å². The molecule has 1 aliphatic rings. The van der Waals surface area contributed by atoms with Crippen LogP contribution < -0.4 is 10.6 Å². The first-order chi connectivity index (χ1) is 8.49. The molecule has 1 unspecified atom stereocenters. The van der Waals surface area contributed by atoms with Crippen molar-refractivity contribution in [3.05, 3.63) is 28.2 Å². The summed E-state index contributed by atoms with van der Waals surface area (Å²) in [5.74, 6) is -0.280. The Morgan fingerprint density at radius 2 is 2.33 bits per heavy atom. The third-order valence-electron chi connectivity index (χ3n) is 3.39. The van der Waals surface area contributed by atoms with Gasteiger partial charge in [-0.05, 0) is 31.0 Å². The fraction of sp³-hybridized carbons (Fsp3) is 0.462. The van der Waals surface area contributed by atoms with E-state index >= 15 is 0 Å². The summed E-state index contributed by atoms with van der Waals surface area (Å²) < 4.78 is 0.887. The Morgan fingerprint density at radius 1 is 1.61 bits per heavy atom. The normalized spacial score (nSPS) is 21.1. The number of carbonyl (C=O) groups is 1. The van der Waals surface area contributed by atoms with Crippen molar-refractivity contribution >= 4 is 27.5 Å². The van der Waals surface area contributed by atoms with Gasteiger partial charge in [-0.15, -0.1) is 0 Å². The van der Waals surface area contributed by atoms with Crippen molar-refractivity contribution in [1.29, 1.82) is 0 Å². The number of rotatable bonds is 3. The van der Waals surface area contributed by atoms with Gasteiger partial charge in [-0.1, -0.05) is 22.0 Å². The number of benzene rings is 1. The van der Waals surface area contributed by atoms with Gasteiger partial charge >= 0.3 is 0 Å². The zero-order valence-electron chi connectivity index (χ0n) is 10.3. The molecular weight excluding hydrogens is 296 g/mol. The molecule has 18 heavy (non-hydrogen) atoms. The summed E-state index contributed by atoms with van der Waals surface area (Å²) in [7, 11) is 0. The Morgan fingerprint density at radius 3 is 2.83 bits per heavy atom. The minimum Gasteiger partial charge on any atom is -0.389 e. The Balaban J connectivity index is 2.16. The molecule has 0 radical (unpaired) electrons. The van der Waals surface area contributed by atoms with E-state index in [9.17, 15) is 9.90 Å². The maximum absolute atomic E-state index is 11.1. The molecule has 2 rings (SSSR count). The molecule has 1 saturated heterocycles. The molecule has 0 spiro atoms. The van der Waals surface area contributed by atoms with E-state index in [0.29, 0.717) is 6.54 Å². The van der Waals surface area contributed by atoms with Gasteiger partial charge in [0.15, 0.2) is 0 Å². The first kappa shape index (κ1) is 13.4. The third kappa shape index (κ3) is 2.67. The second-order valence-corrected chi connectivity index (χ2v) is 5.57. The number of anilines is 1. The van der Waals surface area contributed by atoms with Crippen molar-refractivity contribution in [2.45, 2.75) is 19.4 Å². The molecule has 0 bridgehead atoms. The lowest BCUT2D eigenvalue weighted by molar-refractivity contribution is -0.121. The molecule has 5 heteroatoms. The molecule has 98 valence electrons. The van der Waals surface area contributed by atoms with Crippen LogP contribution in [0.25, 0.3) is 0 Å². The van der Waals surface area contributed by atoms with Gasteiger partial charge in [0.05, 0.1) is 12.0 Å². The van der Waals surface area contributed by atoms with Crippen LogP contribution in [0.5, 0.6) is 0 Å². The predicted octanol–water partition coefficient (Wildman–Crippen LogP) is 1.81. The van der Waals surface area contributed by atoms with Gasteiger partial charge < -0.3 is 15.7 Å². The minimum absolute atomic E-state index is 0.0554. The summed E-state index contributed by atoms with van der Waals surface area (Å²) in [4.78, 5) is 13.3. The van der Waals surface area contributed by atoms with Crippen LogP contribution in [0.2, 0.25) is 0 Å². The average Bonchev–Trinajstić information content (AvgIpc) is 2.77. The Labute approximate surface area is 115 Å². The van der Waals surface area contributed by atoms with Crippen LogP contribution in [0.15, 0.2) is 22.7 Å². The number of halogens is 1. The topological polar surface area (TPSA) is 66.6 Å². The smallest absolute Gasteiger partial charge is 0.222 e. The predicted molar refractivity (Wildman–Crippen MR) is 74.3 cm³/mol. The van der Waals surface area contributed by atoms with Crippen LogP contribution in [0.1, 0.15) is 25.0 Å². The number of hydrogen-bond acceptors (Lipinski definition) is 3. The number of aliphatic hydroxyl groups excluding tert-OH is 1. The van der Waals surface area contributed by atoms with E-state index in [1.807, 2.05) is 18.2 Å². The van der Waals surface area contributed by atoms with Gasteiger partial charge in [-0.2, -0.15) is 0 Å². The van der Waals surface area contributed by atoms with E-state index in [2.05, 4.69) is 20.8 Å². The molecule has 0 aliphatic carbocycles. The maximum atomic E-state index is 11.1. The summed E-state index contributed by atoms with van der Waals surface area (Å²) in [5.41, 5.74) is 7.24. The second-order valence-electron chi connectivity index (χ2n) is 4.72. The largest absolute Gasteiger partial charge is 0.389 e. The monoisotopic (exact) mass is 312 g/mol. The van der Waals surface area contributed by atoms with Gasteiger partial charge in [0.2, 0.25) is 5.91 Å². The van der Waals surface area contributed by atoms with Gasteiger partial charge in [-0.3, -0.25) is 4.79 Å². The van der Waals surface area contributed by atoms with Gasteiger partial charge in [-0.25, -0.2) is 0 Å². The van der Waals surface area contributed by atoms with Gasteiger partial charge in [0.1, 0.15) is 0 Å². The molecule has 4 nitrogen and oxygen atoms in total. The SMILES string of the molecule is C[C@H](O)c1ccc(N2CCC(C(N)=O)C2)cc1Br. The zero-order chi connectivity index (χ0) is 13.3. The molecule has 1 amide bonds. The lowest BCUT2D eigenvalue weighted by Gasteiger charge is -2.20. The number of nitrogens with zero attached hydrogens (tertiary/aromatic N) is 1. The van der Waals surface area contributed by atoms with Crippen molar-refractivity contribution in [2.24, 2.45) is 11.7 Å². The third-order valence-corrected chi connectivity index (χ3v) is 4.08. The maximum Gasteiger partial charge on any atom is 0.222 e. The first-order valence-corrected chi connectivity index (χ1v) is 6.80. The van der Waals surface area contributed by atoms with E-state index in [-0.39, 0.29) is 11.8 Å². The molecule has 1 aromatic carbocycles. The number of nitrogens with two attached hydrogens (primary N) is 1. The van der Waals surface area contributed by atoms with Crippen LogP contribution in [-0.4, -0.2) is 24.1 Å². The van der Waals surface area contributed by atoms with E-state index in [1.54, 1.807) is 6.92 Å². The summed E-state index contributed by atoms with van der Waals surface area (Å²) in [6, 6.07) is 5.85. The zero-order valence-corrected chi connectivity index (χ0v) is 11.9. The average molecular weight is 313 g/mol. The molecule has 1 aromatic rings. The van der Waals surface area contributed by atoms with Crippen LogP contribution in [0.4, 0.5) is 5.69 Å². The van der Waals surface area contributed by atoms with Crippen molar-refractivity contribution < 1.29 is 9.90 Å². The van der Waals surface area contributed by atoms with Gasteiger partial charge in [0, 0.05) is 23.2 Å². The molecule has 0 saturated carbocycles. The van der Waals surface area contributed by atoms with Crippen molar-refractivity contribution in [3.63, 3.8) is 0 Å². The number of primary amides is 1. The summed E-state index contributed by atoms with van der Waals surface area (Å²) in [5, 5.41) is 9.57. The Hall–Kier alpha value is -1.07. The van der Waals surface area contributed by atoms with Crippen LogP contribution in [0, 0.1) is 5.92 Å². The highest BCUT2D eigenvalue weighted by Gasteiger charge is 2.26. The summed E-state index contributed by atoms with van der Waals surface area (Å²) >= 11 is 3.46. The molecule has 3 N–H and O–H groups in total. The fourth-order valence-electron chi connectivity index (χ4n) is 2.28. The molecule has 1 heterocycles. The van der Waals surface area contributed by atoms with E-state index in [0.717, 1.165) is 28.7 Å². The Kier molecular flexibility index (Phi) is 3.92. The molecule has 0 aromatic heterocycles. The van der Waals surface area contributed by atoms with Gasteiger partial charge in [0.25, 0.3) is 0 Å². The van der Waals surface area contributed by atoms with Crippen LogP contribution in [-0.2, 0) is 4.79 Å². The Bertz CT molecular complexity index is 462. The number of carbonyl (C=O) groups excluding carboxylic acids is 1. The highest BCUT2D eigenvalue weighted by Crippen LogP contribution is 2.30. The second kappa shape index (κ2) is 5.28. The number of hydrogen-bond donors (Lipinski definition) is 2. The fourth-order valence-corrected chi connectivity index (χ4v) is 2.98. The van der Waals surface area contributed by atoms with Crippen molar-refractivity contribution in [2.75, 3.05) is 18.0 Å². The molecular formula is C13H17BrN2O2. The first-order valence-electron chi connectivity index (χ1n) is 6.01. The van der Waals surface area contributed by atoms with E-state index in [4.69, 9.17) is 5.73 Å². The quantitative estimate of drug-likeness (QED) is 0.894. The summed E-state index contributed by atoms with van der Waals surface area (Å²) in [6.45, 7) is 3.25. The highest BCUT2D eigenvalue weighted by atomic mass is 79.9. The molecule has 1 fully saturated rings. The lowest BCUT2D eigenvalue weighted by Crippen LogP contribution is -2.27. The van der Waals surface area contributed by atoms with Crippen molar-refractivity contribution in [1.82, 2.24) is 0 Å². The highest BCUT2D eigenvalue weighted by molar-refractivity contribution is 9.10. The number of amides is 1. The summed E-state index contributed by atoms with van der Waals surface area (Å²) in [6.07, 6.45) is 0.316.